The minimum Gasteiger partial charge on any atom is -0.364 e. The highest BCUT2D eigenvalue weighted by atomic mass is 32.1. The van der Waals surface area contributed by atoms with E-state index in [-0.39, 0.29) is 0 Å². The number of hydrogen-bond donors (Lipinski definition) is 1. The molecule has 76 valence electrons. The molecule has 1 aromatic heterocycles. The highest BCUT2D eigenvalue weighted by molar-refractivity contribution is 7.71. The zero-order valence-corrected chi connectivity index (χ0v) is 9.73. The summed E-state index contributed by atoms with van der Waals surface area (Å²) in [7, 11) is 1.82. The predicted molar refractivity (Wildman–Crippen MR) is 65.7 cm³/mol. The molecule has 1 N–H and O–H groups in total. The van der Waals surface area contributed by atoms with E-state index in [4.69, 9.17) is 12.2 Å². The summed E-state index contributed by atoms with van der Waals surface area (Å²) in [5.41, 5.74) is 1.06. The van der Waals surface area contributed by atoms with Crippen molar-refractivity contribution in [1.82, 2.24) is 9.97 Å². The van der Waals surface area contributed by atoms with Gasteiger partial charge in [-0.3, -0.25) is 0 Å². The summed E-state index contributed by atoms with van der Waals surface area (Å²) < 4.78 is 0.372. The smallest absolute Gasteiger partial charge is 0.223 e. The largest absolute Gasteiger partial charge is 0.364 e. The molecule has 0 bridgehead atoms. The average molecular weight is 235 g/mol. The Balaban J connectivity index is 2.54. The van der Waals surface area contributed by atoms with Crippen LogP contribution in [0.15, 0.2) is 30.3 Å². The Morgan fingerprint density at radius 1 is 1.20 bits per heavy atom. The van der Waals surface area contributed by atoms with E-state index in [1.807, 2.05) is 37.4 Å². The van der Waals surface area contributed by atoms with Crippen LogP contribution in [-0.4, -0.2) is 17.0 Å². The third-order valence-electron chi connectivity index (χ3n) is 1.82. The minimum absolute atomic E-state index is 0.372. The van der Waals surface area contributed by atoms with Crippen molar-refractivity contribution >= 4 is 28.7 Å². The van der Waals surface area contributed by atoms with E-state index in [1.54, 1.807) is 0 Å². The molecule has 0 unspecified atom stereocenters. The van der Waals surface area contributed by atoms with E-state index in [9.17, 15) is 0 Å². The zero-order valence-electron chi connectivity index (χ0n) is 8.10. The van der Waals surface area contributed by atoms with Gasteiger partial charge in [-0.05, 0) is 12.2 Å². The lowest BCUT2D eigenvalue weighted by Crippen LogP contribution is -1.92. The Labute approximate surface area is 96.9 Å². The Hall–Kier alpha value is -1.33. The van der Waals surface area contributed by atoms with Gasteiger partial charge in [0, 0.05) is 12.6 Å². The second-order valence-corrected chi connectivity index (χ2v) is 4.18. The molecule has 1 aromatic carbocycles. The fourth-order valence-electron chi connectivity index (χ4n) is 1.15. The van der Waals surface area contributed by atoms with Gasteiger partial charge in [-0.2, -0.15) is 4.98 Å². The molecule has 2 aromatic rings. The van der Waals surface area contributed by atoms with Crippen LogP contribution in [0.25, 0.3) is 10.6 Å². The van der Waals surface area contributed by atoms with E-state index in [0.717, 1.165) is 15.7 Å². The Kier molecular flexibility index (Phi) is 3.03. The molecule has 0 aliphatic carbocycles. The highest BCUT2D eigenvalue weighted by Crippen LogP contribution is 2.24. The van der Waals surface area contributed by atoms with E-state index in [2.05, 4.69) is 15.3 Å². The van der Waals surface area contributed by atoms with Crippen LogP contribution in [0.4, 0.5) is 5.13 Å². The second-order valence-electron chi connectivity index (χ2n) is 2.83. The van der Waals surface area contributed by atoms with Gasteiger partial charge in [0.15, 0.2) is 5.13 Å². The molecular weight excluding hydrogens is 226 g/mol. The molecule has 0 aliphatic rings. The number of anilines is 1. The van der Waals surface area contributed by atoms with Crippen LogP contribution < -0.4 is 5.32 Å². The summed E-state index contributed by atoms with van der Waals surface area (Å²) >= 11 is 6.49. The second kappa shape index (κ2) is 4.46. The molecule has 5 heteroatoms. The summed E-state index contributed by atoms with van der Waals surface area (Å²) in [6.45, 7) is 0. The maximum absolute atomic E-state index is 5.00. The number of nitrogens with one attached hydrogen (secondary N) is 1. The van der Waals surface area contributed by atoms with Crippen LogP contribution in [0.2, 0.25) is 0 Å². The maximum Gasteiger partial charge on any atom is 0.223 e. The number of rotatable bonds is 2. The van der Waals surface area contributed by atoms with Crippen LogP contribution >= 0.6 is 23.6 Å². The summed E-state index contributed by atoms with van der Waals surface area (Å²) in [5.74, 6) is 0. The molecule has 0 amide bonds. The monoisotopic (exact) mass is 235 g/mol. The quantitative estimate of drug-likeness (QED) is 0.812. The SMILES string of the molecule is CNc1nc(=S)nc(-c2ccccc2)s1. The van der Waals surface area contributed by atoms with Crippen molar-refractivity contribution in [2.24, 2.45) is 0 Å². The molecule has 0 atom stereocenters. The lowest BCUT2D eigenvalue weighted by Gasteiger charge is -2.01. The van der Waals surface area contributed by atoms with Gasteiger partial charge in [-0.25, -0.2) is 4.98 Å². The lowest BCUT2D eigenvalue weighted by molar-refractivity contribution is 1.18. The Morgan fingerprint density at radius 3 is 2.60 bits per heavy atom. The molecule has 3 nitrogen and oxygen atoms in total. The average Bonchev–Trinajstić information content (AvgIpc) is 2.29. The van der Waals surface area contributed by atoms with E-state index in [1.165, 1.54) is 11.3 Å². The van der Waals surface area contributed by atoms with Gasteiger partial charge in [-0.15, -0.1) is 0 Å². The van der Waals surface area contributed by atoms with Gasteiger partial charge < -0.3 is 5.32 Å². The first-order chi connectivity index (χ1) is 7.29. The van der Waals surface area contributed by atoms with Crippen molar-refractivity contribution in [1.29, 1.82) is 0 Å². The minimum atomic E-state index is 0.372. The highest BCUT2D eigenvalue weighted by Gasteiger charge is 2.02. The number of hydrogen-bond acceptors (Lipinski definition) is 5. The van der Waals surface area contributed by atoms with Crippen LogP contribution in [0.5, 0.6) is 0 Å². The van der Waals surface area contributed by atoms with Crippen molar-refractivity contribution in [2.75, 3.05) is 12.4 Å². The molecule has 0 aliphatic heterocycles. The third kappa shape index (κ3) is 2.37. The van der Waals surface area contributed by atoms with Gasteiger partial charge in [0.05, 0.1) is 0 Å². The lowest BCUT2D eigenvalue weighted by atomic mass is 10.2. The van der Waals surface area contributed by atoms with Crippen LogP contribution in [0.3, 0.4) is 0 Å². The van der Waals surface area contributed by atoms with Crippen LogP contribution in [0.1, 0.15) is 0 Å². The van der Waals surface area contributed by atoms with E-state index < -0.39 is 0 Å². The van der Waals surface area contributed by atoms with Gasteiger partial charge >= 0.3 is 0 Å². The van der Waals surface area contributed by atoms with E-state index in [0.29, 0.717) is 4.77 Å². The topological polar surface area (TPSA) is 37.8 Å². The Morgan fingerprint density at radius 2 is 1.93 bits per heavy atom. The number of benzene rings is 1. The predicted octanol–water partition coefficient (Wildman–Crippen LogP) is 2.98. The summed E-state index contributed by atoms with van der Waals surface area (Å²) in [4.78, 5) is 8.32. The first kappa shape index (κ1) is 10.2. The molecule has 0 fully saturated rings. The molecule has 0 radical (unpaired) electrons. The van der Waals surface area contributed by atoms with Crippen molar-refractivity contribution in [3.8, 4) is 10.6 Å². The molecule has 0 spiro atoms. The van der Waals surface area contributed by atoms with Crippen molar-refractivity contribution in [3.63, 3.8) is 0 Å². The fourth-order valence-corrected chi connectivity index (χ4v) is 2.25. The first-order valence-corrected chi connectivity index (χ1v) is 5.64. The molecule has 1 heterocycles. The van der Waals surface area contributed by atoms with Gasteiger partial charge in [0.25, 0.3) is 0 Å². The molecular formula is C10H9N3S2. The molecule has 0 saturated carbocycles. The third-order valence-corrected chi connectivity index (χ3v) is 3.01. The van der Waals surface area contributed by atoms with Crippen molar-refractivity contribution in [2.45, 2.75) is 0 Å². The number of aromatic nitrogens is 2. The van der Waals surface area contributed by atoms with Crippen LogP contribution in [-0.2, 0) is 0 Å². The maximum atomic E-state index is 5.00. The van der Waals surface area contributed by atoms with Gasteiger partial charge in [0.1, 0.15) is 5.01 Å². The normalized spacial score (nSPS) is 9.93. The van der Waals surface area contributed by atoms with Crippen molar-refractivity contribution in [3.05, 3.63) is 35.1 Å². The van der Waals surface area contributed by atoms with Crippen molar-refractivity contribution < 1.29 is 0 Å². The Bertz CT molecular complexity index is 508. The zero-order chi connectivity index (χ0) is 10.7. The molecule has 0 saturated heterocycles. The summed E-state index contributed by atoms with van der Waals surface area (Å²) in [6.07, 6.45) is 0. The summed E-state index contributed by atoms with van der Waals surface area (Å²) in [5, 5.41) is 4.65. The number of nitrogens with zero attached hydrogens (tertiary/aromatic N) is 2. The molecule has 15 heavy (non-hydrogen) atoms. The first-order valence-electron chi connectivity index (χ1n) is 4.42. The van der Waals surface area contributed by atoms with Crippen LogP contribution in [0, 0.1) is 4.77 Å². The van der Waals surface area contributed by atoms with E-state index >= 15 is 0 Å². The van der Waals surface area contributed by atoms with Gasteiger partial charge in [0.2, 0.25) is 4.77 Å². The fraction of sp³-hybridized carbons (Fsp3) is 0.100. The van der Waals surface area contributed by atoms with Gasteiger partial charge in [-0.1, -0.05) is 41.7 Å². The molecule has 2 rings (SSSR count). The standard InChI is InChI=1S/C10H9N3S2/c1-11-10-13-9(14)12-8(15-10)7-5-3-2-4-6-7/h2-6H,1H3,(H,11,13,14). The summed E-state index contributed by atoms with van der Waals surface area (Å²) in [6, 6.07) is 9.95.